The molecular formula is C9H19N3. The van der Waals surface area contributed by atoms with E-state index in [9.17, 15) is 0 Å². The number of nitrogens with two attached hydrogens (primary N) is 1. The van der Waals surface area contributed by atoms with Gasteiger partial charge in [-0.05, 0) is 25.2 Å². The number of hydrogen-bond donors (Lipinski definition) is 2. The number of nitrogens with zero attached hydrogens (tertiary/aromatic N) is 1. The van der Waals surface area contributed by atoms with Gasteiger partial charge in [0.05, 0.1) is 0 Å². The van der Waals surface area contributed by atoms with E-state index >= 15 is 0 Å². The third kappa shape index (κ3) is 2.40. The Labute approximate surface area is 74.4 Å². The molecule has 0 atom stereocenters. The summed E-state index contributed by atoms with van der Waals surface area (Å²) in [5.41, 5.74) is 6.13. The van der Waals surface area contributed by atoms with Gasteiger partial charge in [-0.1, -0.05) is 13.8 Å². The zero-order chi connectivity index (χ0) is 9.19. The Morgan fingerprint density at radius 3 is 2.58 bits per heavy atom. The van der Waals surface area contributed by atoms with Gasteiger partial charge in [0, 0.05) is 12.6 Å². The molecule has 12 heavy (non-hydrogen) atoms. The molecule has 0 amide bonds. The zero-order valence-electron chi connectivity index (χ0n) is 8.22. The van der Waals surface area contributed by atoms with Crippen molar-refractivity contribution >= 4 is 5.96 Å². The van der Waals surface area contributed by atoms with Crippen molar-refractivity contribution in [2.45, 2.75) is 39.7 Å². The van der Waals surface area contributed by atoms with Crippen molar-refractivity contribution in [3.63, 3.8) is 0 Å². The molecule has 0 aromatic carbocycles. The molecule has 0 aromatic rings. The maximum absolute atomic E-state index is 5.62. The average molecular weight is 169 g/mol. The van der Waals surface area contributed by atoms with E-state index in [4.69, 9.17) is 5.73 Å². The van der Waals surface area contributed by atoms with Crippen LogP contribution in [0.25, 0.3) is 0 Å². The van der Waals surface area contributed by atoms with Gasteiger partial charge in [0.2, 0.25) is 0 Å². The van der Waals surface area contributed by atoms with E-state index in [1.165, 1.54) is 12.8 Å². The van der Waals surface area contributed by atoms with Crippen molar-refractivity contribution < 1.29 is 0 Å². The molecule has 3 nitrogen and oxygen atoms in total. The Kier molecular flexibility index (Phi) is 2.60. The summed E-state index contributed by atoms with van der Waals surface area (Å²) >= 11 is 0. The van der Waals surface area contributed by atoms with Crippen LogP contribution in [-0.4, -0.2) is 18.5 Å². The smallest absolute Gasteiger partial charge is 0.188 e. The van der Waals surface area contributed by atoms with Crippen LogP contribution in [-0.2, 0) is 0 Å². The molecule has 0 unspecified atom stereocenters. The molecule has 1 rings (SSSR count). The Morgan fingerprint density at radius 2 is 2.17 bits per heavy atom. The molecule has 0 saturated heterocycles. The number of aliphatic imine (C=N–C) groups is 1. The lowest BCUT2D eigenvalue weighted by atomic mass is 9.68. The van der Waals surface area contributed by atoms with Crippen LogP contribution in [0.2, 0.25) is 0 Å². The zero-order valence-corrected chi connectivity index (χ0v) is 8.22. The molecule has 0 spiro atoms. The van der Waals surface area contributed by atoms with Crippen molar-refractivity contribution in [3.8, 4) is 0 Å². The van der Waals surface area contributed by atoms with Crippen molar-refractivity contribution in [2.75, 3.05) is 6.54 Å². The summed E-state index contributed by atoms with van der Waals surface area (Å²) in [6, 6.07) is 0.551. The maximum Gasteiger partial charge on any atom is 0.188 e. The third-order valence-electron chi connectivity index (χ3n) is 2.28. The molecule has 0 heterocycles. The summed E-state index contributed by atoms with van der Waals surface area (Å²) in [5, 5.41) is 3.20. The molecule has 1 aliphatic rings. The Bertz CT molecular complexity index is 176. The van der Waals surface area contributed by atoms with E-state index in [0.717, 1.165) is 6.54 Å². The summed E-state index contributed by atoms with van der Waals surface area (Å²) in [4.78, 5) is 4.08. The molecular weight excluding hydrogens is 150 g/mol. The van der Waals surface area contributed by atoms with Gasteiger partial charge < -0.3 is 11.1 Å². The number of hydrogen-bond acceptors (Lipinski definition) is 1. The van der Waals surface area contributed by atoms with Crippen molar-refractivity contribution in [1.82, 2.24) is 5.32 Å². The van der Waals surface area contributed by atoms with Gasteiger partial charge in [0.25, 0.3) is 0 Å². The maximum atomic E-state index is 5.62. The average Bonchev–Trinajstić information content (AvgIpc) is 1.83. The SMILES string of the molecule is CCN=C(N)NC1CC(C)(C)C1. The van der Waals surface area contributed by atoms with Crippen LogP contribution in [0.15, 0.2) is 4.99 Å². The summed E-state index contributed by atoms with van der Waals surface area (Å²) in [7, 11) is 0. The molecule has 0 aromatic heterocycles. The monoisotopic (exact) mass is 169 g/mol. The van der Waals surface area contributed by atoms with Crippen LogP contribution >= 0.6 is 0 Å². The molecule has 0 radical (unpaired) electrons. The molecule has 70 valence electrons. The van der Waals surface area contributed by atoms with Crippen LogP contribution in [0.5, 0.6) is 0 Å². The third-order valence-corrected chi connectivity index (χ3v) is 2.28. The van der Waals surface area contributed by atoms with Crippen LogP contribution in [0, 0.1) is 5.41 Å². The lowest BCUT2D eigenvalue weighted by Crippen LogP contribution is -2.50. The van der Waals surface area contributed by atoms with Gasteiger partial charge in [0.1, 0.15) is 0 Å². The first-order chi connectivity index (χ1) is 5.53. The molecule has 1 saturated carbocycles. The van der Waals surface area contributed by atoms with Gasteiger partial charge in [-0.15, -0.1) is 0 Å². The predicted molar refractivity (Wildman–Crippen MR) is 52.1 cm³/mol. The Morgan fingerprint density at radius 1 is 1.58 bits per heavy atom. The fourth-order valence-electron chi connectivity index (χ4n) is 1.80. The first-order valence-corrected chi connectivity index (χ1v) is 4.60. The molecule has 1 fully saturated rings. The molecule has 1 aliphatic carbocycles. The minimum Gasteiger partial charge on any atom is -0.370 e. The topological polar surface area (TPSA) is 50.4 Å². The fraction of sp³-hybridized carbons (Fsp3) is 0.889. The summed E-state index contributed by atoms with van der Waals surface area (Å²) < 4.78 is 0. The number of rotatable bonds is 2. The summed E-state index contributed by atoms with van der Waals surface area (Å²) in [6.07, 6.45) is 2.40. The standard InChI is InChI=1S/C9H19N3/c1-4-11-8(10)12-7-5-9(2,3)6-7/h7H,4-6H2,1-3H3,(H3,10,11,12). The van der Waals surface area contributed by atoms with Gasteiger partial charge in [0.15, 0.2) is 5.96 Å². The van der Waals surface area contributed by atoms with Crippen molar-refractivity contribution in [2.24, 2.45) is 16.1 Å². The quantitative estimate of drug-likeness (QED) is 0.480. The van der Waals surface area contributed by atoms with Crippen LogP contribution < -0.4 is 11.1 Å². The fourth-order valence-corrected chi connectivity index (χ4v) is 1.80. The van der Waals surface area contributed by atoms with Gasteiger partial charge in [-0.3, -0.25) is 4.99 Å². The Hall–Kier alpha value is -0.730. The number of guanidine groups is 1. The normalized spacial score (nSPS) is 23.4. The van der Waals surface area contributed by atoms with Gasteiger partial charge in [-0.2, -0.15) is 0 Å². The molecule has 0 aliphatic heterocycles. The molecule has 3 N–H and O–H groups in total. The van der Waals surface area contributed by atoms with E-state index in [1.54, 1.807) is 0 Å². The van der Waals surface area contributed by atoms with Crippen LogP contribution in [0.3, 0.4) is 0 Å². The van der Waals surface area contributed by atoms with Gasteiger partial charge >= 0.3 is 0 Å². The predicted octanol–water partition coefficient (Wildman–Crippen LogP) is 1.10. The van der Waals surface area contributed by atoms with Crippen molar-refractivity contribution in [3.05, 3.63) is 0 Å². The highest BCUT2D eigenvalue weighted by Crippen LogP contribution is 2.39. The molecule has 3 heteroatoms. The summed E-state index contributed by atoms with van der Waals surface area (Å²) in [6.45, 7) is 7.30. The minimum absolute atomic E-state index is 0.504. The highest BCUT2D eigenvalue weighted by molar-refractivity contribution is 5.78. The first kappa shape index (κ1) is 9.36. The highest BCUT2D eigenvalue weighted by atomic mass is 15.1. The van der Waals surface area contributed by atoms with Crippen LogP contribution in [0.4, 0.5) is 0 Å². The second-order valence-electron chi connectivity index (χ2n) is 4.27. The van der Waals surface area contributed by atoms with Crippen molar-refractivity contribution in [1.29, 1.82) is 0 Å². The first-order valence-electron chi connectivity index (χ1n) is 4.60. The van der Waals surface area contributed by atoms with E-state index in [-0.39, 0.29) is 0 Å². The summed E-state index contributed by atoms with van der Waals surface area (Å²) in [5.74, 6) is 0.595. The minimum atomic E-state index is 0.504. The van der Waals surface area contributed by atoms with E-state index < -0.39 is 0 Å². The van der Waals surface area contributed by atoms with Gasteiger partial charge in [-0.25, -0.2) is 0 Å². The van der Waals surface area contributed by atoms with E-state index in [2.05, 4.69) is 24.2 Å². The van der Waals surface area contributed by atoms with E-state index in [0.29, 0.717) is 17.4 Å². The highest BCUT2D eigenvalue weighted by Gasteiger charge is 2.35. The lowest BCUT2D eigenvalue weighted by molar-refractivity contribution is 0.140. The molecule has 0 bridgehead atoms. The lowest BCUT2D eigenvalue weighted by Gasteiger charge is -2.43. The second kappa shape index (κ2) is 3.33. The van der Waals surface area contributed by atoms with Crippen LogP contribution in [0.1, 0.15) is 33.6 Å². The largest absolute Gasteiger partial charge is 0.370 e. The Balaban J connectivity index is 2.23. The second-order valence-corrected chi connectivity index (χ2v) is 4.27. The van der Waals surface area contributed by atoms with E-state index in [1.807, 2.05) is 6.92 Å². The number of nitrogens with one attached hydrogen (secondary N) is 1.